The number of hydrogen-bond donors (Lipinski definition) is 2. The predicted molar refractivity (Wildman–Crippen MR) is 92.6 cm³/mol. The Kier molecular flexibility index (Phi) is 5.11. The fourth-order valence-electron chi connectivity index (χ4n) is 4.08. The summed E-state index contributed by atoms with van der Waals surface area (Å²) < 4.78 is 6.02. The Balaban J connectivity index is 1.68. The molecule has 1 aliphatic carbocycles. The van der Waals surface area contributed by atoms with Crippen LogP contribution in [0.5, 0.6) is 5.75 Å². The highest BCUT2D eigenvalue weighted by Crippen LogP contribution is 2.34. The van der Waals surface area contributed by atoms with E-state index in [1.165, 1.54) is 0 Å². The highest BCUT2D eigenvalue weighted by atomic mass is 16.5. The Hall–Kier alpha value is -1.59. The number of likely N-dealkylation sites (tertiary alicyclic amines) is 1. The maximum absolute atomic E-state index is 11.8. The van der Waals surface area contributed by atoms with Gasteiger partial charge in [0, 0.05) is 12.6 Å². The van der Waals surface area contributed by atoms with Crippen LogP contribution in [-0.2, 0) is 4.79 Å². The predicted octanol–water partition coefficient (Wildman–Crippen LogP) is 1.93. The van der Waals surface area contributed by atoms with Crippen molar-refractivity contribution in [1.29, 1.82) is 0 Å². The van der Waals surface area contributed by atoms with Gasteiger partial charge in [0.2, 0.25) is 5.91 Å². The van der Waals surface area contributed by atoms with E-state index in [4.69, 9.17) is 10.5 Å². The van der Waals surface area contributed by atoms with Crippen LogP contribution in [0.4, 0.5) is 0 Å². The number of nitrogens with two attached hydrogens (primary N) is 1. The lowest BCUT2D eigenvalue weighted by molar-refractivity contribution is -0.132. The maximum Gasteiger partial charge on any atom is 0.224 e. The first kappa shape index (κ1) is 17.2. The zero-order chi connectivity index (χ0) is 17.2. The maximum atomic E-state index is 11.8. The van der Waals surface area contributed by atoms with Gasteiger partial charge in [-0.15, -0.1) is 0 Å². The van der Waals surface area contributed by atoms with Crippen molar-refractivity contribution < 1.29 is 14.6 Å². The second-order valence-corrected chi connectivity index (χ2v) is 7.46. The first-order chi connectivity index (χ1) is 11.5. The minimum Gasteiger partial charge on any atom is -0.488 e. The second-order valence-electron chi connectivity index (χ2n) is 7.46. The molecule has 0 bridgehead atoms. The van der Waals surface area contributed by atoms with E-state index in [1.807, 2.05) is 37.3 Å². The molecule has 4 atom stereocenters. The molecule has 2 fully saturated rings. The summed E-state index contributed by atoms with van der Waals surface area (Å²) in [6.07, 6.45) is 3.82. The van der Waals surface area contributed by atoms with Crippen molar-refractivity contribution in [3.05, 3.63) is 30.3 Å². The summed E-state index contributed by atoms with van der Waals surface area (Å²) in [4.78, 5) is 14.0. The number of nitrogens with zero attached hydrogens (tertiary/aromatic N) is 1. The van der Waals surface area contributed by atoms with E-state index in [1.54, 1.807) is 0 Å². The molecule has 132 valence electrons. The SMILES string of the molecule is C[C@@]1(C(N)=O)CCCN([C@H]2CCC[C@@H](Oc3ccccc3)[C@@H]2O)C1. The summed E-state index contributed by atoms with van der Waals surface area (Å²) in [6.45, 7) is 3.47. The van der Waals surface area contributed by atoms with Crippen LogP contribution in [0.15, 0.2) is 30.3 Å². The molecule has 1 heterocycles. The molecule has 1 aliphatic heterocycles. The van der Waals surface area contributed by atoms with Crippen molar-refractivity contribution in [2.75, 3.05) is 13.1 Å². The third-order valence-electron chi connectivity index (χ3n) is 5.58. The van der Waals surface area contributed by atoms with Crippen LogP contribution in [0.2, 0.25) is 0 Å². The molecule has 1 saturated heterocycles. The van der Waals surface area contributed by atoms with Gasteiger partial charge in [-0.1, -0.05) is 18.2 Å². The molecule has 2 aliphatic rings. The number of rotatable bonds is 4. The minimum absolute atomic E-state index is 0.0337. The number of carbonyl (C=O) groups excluding carboxylic acids is 1. The summed E-state index contributed by atoms with van der Waals surface area (Å²) >= 11 is 0. The summed E-state index contributed by atoms with van der Waals surface area (Å²) in [6, 6.07) is 9.69. The lowest BCUT2D eigenvalue weighted by Gasteiger charge is -2.46. The Morgan fingerprint density at radius 1 is 1.29 bits per heavy atom. The highest BCUT2D eigenvalue weighted by Gasteiger charge is 2.43. The van der Waals surface area contributed by atoms with Crippen LogP contribution in [-0.4, -0.2) is 47.3 Å². The first-order valence-electron chi connectivity index (χ1n) is 8.93. The van der Waals surface area contributed by atoms with Crippen molar-refractivity contribution in [2.45, 2.75) is 57.3 Å². The number of carbonyl (C=O) groups is 1. The number of primary amides is 1. The van der Waals surface area contributed by atoms with Gasteiger partial charge in [0.25, 0.3) is 0 Å². The number of amides is 1. The molecule has 1 aromatic rings. The number of aliphatic hydroxyl groups excluding tert-OH is 1. The zero-order valence-electron chi connectivity index (χ0n) is 14.4. The lowest BCUT2D eigenvalue weighted by Crippen LogP contribution is -2.58. The van der Waals surface area contributed by atoms with Gasteiger partial charge in [0.05, 0.1) is 5.41 Å². The molecule has 5 nitrogen and oxygen atoms in total. The van der Waals surface area contributed by atoms with E-state index in [0.29, 0.717) is 6.54 Å². The van der Waals surface area contributed by atoms with Gasteiger partial charge in [0.1, 0.15) is 18.0 Å². The Labute approximate surface area is 143 Å². The van der Waals surface area contributed by atoms with E-state index >= 15 is 0 Å². The lowest BCUT2D eigenvalue weighted by atomic mass is 9.79. The Morgan fingerprint density at radius 3 is 2.75 bits per heavy atom. The fourth-order valence-corrected chi connectivity index (χ4v) is 4.08. The van der Waals surface area contributed by atoms with Gasteiger partial charge in [0.15, 0.2) is 0 Å². The number of benzene rings is 1. The third-order valence-corrected chi connectivity index (χ3v) is 5.58. The van der Waals surface area contributed by atoms with Crippen LogP contribution in [0.3, 0.4) is 0 Å². The monoisotopic (exact) mass is 332 g/mol. The summed E-state index contributed by atoms with van der Waals surface area (Å²) in [5, 5.41) is 10.9. The van der Waals surface area contributed by atoms with E-state index in [0.717, 1.165) is 44.4 Å². The van der Waals surface area contributed by atoms with E-state index < -0.39 is 11.5 Å². The van der Waals surface area contributed by atoms with E-state index in [-0.39, 0.29) is 18.1 Å². The van der Waals surface area contributed by atoms with E-state index in [2.05, 4.69) is 4.90 Å². The van der Waals surface area contributed by atoms with Crippen LogP contribution in [0.1, 0.15) is 39.0 Å². The first-order valence-corrected chi connectivity index (χ1v) is 8.93. The molecular formula is C19H28N2O3. The van der Waals surface area contributed by atoms with Crippen LogP contribution in [0, 0.1) is 5.41 Å². The van der Waals surface area contributed by atoms with Crippen molar-refractivity contribution >= 4 is 5.91 Å². The number of aliphatic hydroxyl groups is 1. The number of ether oxygens (including phenoxy) is 1. The summed E-state index contributed by atoms with van der Waals surface area (Å²) in [5.74, 6) is 0.553. The van der Waals surface area contributed by atoms with E-state index in [9.17, 15) is 9.90 Å². The van der Waals surface area contributed by atoms with Crippen LogP contribution < -0.4 is 10.5 Å². The van der Waals surface area contributed by atoms with Crippen LogP contribution >= 0.6 is 0 Å². The third kappa shape index (κ3) is 3.57. The smallest absolute Gasteiger partial charge is 0.224 e. The minimum atomic E-state index is -0.547. The van der Waals surface area contributed by atoms with Gasteiger partial charge in [-0.3, -0.25) is 9.69 Å². The Morgan fingerprint density at radius 2 is 2.04 bits per heavy atom. The average Bonchev–Trinajstić information content (AvgIpc) is 2.58. The number of hydrogen-bond acceptors (Lipinski definition) is 4. The largest absolute Gasteiger partial charge is 0.488 e. The highest BCUT2D eigenvalue weighted by molar-refractivity contribution is 5.80. The molecule has 1 aromatic carbocycles. The fraction of sp³-hybridized carbons (Fsp3) is 0.632. The Bertz CT molecular complexity index is 565. The van der Waals surface area contributed by atoms with Crippen LogP contribution in [0.25, 0.3) is 0 Å². The van der Waals surface area contributed by atoms with Crippen molar-refractivity contribution in [2.24, 2.45) is 11.1 Å². The molecule has 1 amide bonds. The molecule has 1 saturated carbocycles. The molecule has 0 radical (unpaired) electrons. The molecular weight excluding hydrogens is 304 g/mol. The molecule has 0 unspecified atom stereocenters. The van der Waals surface area contributed by atoms with Gasteiger partial charge < -0.3 is 15.6 Å². The van der Waals surface area contributed by atoms with Crippen molar-refractivity contribution in [1.82, 2.24) is 4.90 Å². The molecule has 24 heavy (non-hydrogen) atoms. The number of piperidine rings is 1. The quantitative estimate of drug-likeness (QED) is 0.883. The van der Waals surface area contributed by atoms with Crippen molar-refractivity contribution in [3.8, 4) is 5.75 Å². The van der Waals surface area contributed by atoms with Gasteiger partial charge in [-0.05, 0) is 57.7 Å². The molecule has 0 spiro atoms. The molecule has 3 N–H and O–H groups in total. The number of para-hydroxylation sites is 1. The average molecular weight is 332 g/mol. The molecule has 3 rings (SSSR count). The van der Waals surface area contributed by atoms with Crippen molar-refractivity contribution in [3.63, 3.8) is 0 Å². The normalized spacial score (nSPS) is 34.7. The van der Waals surface area contributed by atoms with Gasteiger partial charge in [-0.2, -0.15) is 0 Å². The standard InChI is InChI=1S/C19H28N2O3/c1-19(18(20)23)11-6-12-21(13-19)15-9-5-10-16(17(15)22)24-14-7-3-2-4-8-14/h2-4,7-8,15-17,22H,5-6,9-13H2,1H3,(H2,20,23)/t15-,16+,17+,19+/m0/s1. The van der Waals surface area contributed by atoms with Gasteiger partial charge >= 0.3 is 0 Å². The topological polar surface area (TPSA) is 75.8 Å². The molecule has 5 heteroatoms. The zero-order valence-corrected chi connectivity index (χ0v) is 14.4. The summed E-state index contributed by atoms with van der Waals surface area (Å²) in [5.41, 5.74) is 5.11. The second kappa shape index (κ2) is 7.11. The molecule has 0 aromatic heterocycles. The van der Waals surface area contributed by atoms with Gasteiger partial charge in [-0.25, -0.2) is 0 Å². The summed E-state index contributed by atoms with van der Waals surface area (Å²) in [7, 11) is 0.